The maximum absolute atomic E-state index is 10.3. The fourth-order valence-electron chi connectivity index (χ4n) is 5.89. The molecule has 212 valence electrons. The van der Waals surface area contributed by atoms with Crippen LogP contribution in [0.3, 0.4) is 0 Å². The molecule has 1 aromatic rings. The molecule has 37 heavy (non-hydrogen) atoms. The first-order chi connectivity index (χ1) is 17.2. The minimum Gasteiger partial charge on any atom is -0.488 e. The molecule has 2 fully saturated rings. The van der Waals surface area contributed by atoms with Gasteiger partial charge in [-0.05, 0) is 116 Å². The van der Waals surface area contributed by atoms with E-state index in [2.05, 4.69) is 52.0 Å². The summed E-state index contributed by atoms with van der Waals surface area (Å²) in [6, 6.07) is 8.47. The van der Waals surface area contributed by atoms with E-state index in [1.165, 1.54) is 5.56 Å². The van der Waals surface area contributed by atoms with Gasteiger partial charge in [-0.25, -0.2) is 9.78 Å². The number of hydrogen-bond donors (Lipinski definition) is 2. The fraction of sp³-hybridized carbons (Fsp3) is 0.806. The standard InChI is InChI=1S/C31H52O6/c1-9-21(22-10-12-25(13-11-22)35-30(3,4)5)16-26(34-29-18-23-15-24(29)17-28(23)33)19-27(14-20(2)32)36-37-31(6,7)8/h10-13,20-21,23-24,26-29,32-33H,9,14-19H2,1-8H3. The lowest BCUT2D eigenvalue weighted by Gasteiger charge is -2.33. The molecule has 2 N–H and O–H groups in total. The smallest absolute Gasteiger partial charge is 0.120 e. The first-order valence-electron chi connectivity index (χ1n) is 14.4. The largest absolute Gasteiger partial charge is 0.488 e. The van der Waals surface area contributed by atoms with E-state index in [9.17, 15) is 10.2 Å². The molecule has 3 rings (SSSR count). The van der Waals surface area contributed by atoms with E-state index in [0.717, 1.165) is 37.9 Å². The van der Waals surface area contributed by atoms with E-state index in [4.69, 9.17) is 19.2 Å². The number of ether oxygens (including phenoxy) is 2. The van der Waals surface area contributed by atoms with Gasteiger partial charge in [-0.3, -0.25) is 0 Å². The summed E-state index contributed by atoms with van der Waals surface area (Å²) in [5.41, 5.74) is 0.614. The molecular weight excluding hydrogens is 468 g/mol. The average Bonchev–Trinajstić information content (AvgIpc) is 3.33. The van der Waals surface area contributed by atoms with Gasteiger partial charge in [0.15, 0.2) is 0 Å². The van der Waals surface area contributed by atoms with Crippen LogP contribution in [0.2, 0.25) is 0 Å². The highest BCUT2D eigenvalue weighted by Gasteiger charge is 2.46. The first kappa shape index (κ1) is 30.4. The Hall–Kier alpha value is -1.18. The van der Waals surface area contributed by atoms with Crippen LogP contribution in [0.5, 0.6) is 5.75 Å². The van der Waals surface area contributed by atoms with Crippen LogP contribution in [0.4, 0.5) is 0 Å². The van der Waals surface area contributed by atoms with Crippen LogP contribution in [-0.4, -0.2) is 51.9 Å². The number of aliphatic hydroxyl groups excluding tert-OH is 2. The van der Waals surface area contributed by atoms with Gasteiger partial charge < -0.3 is 19.7 Å². The van der Waals surface area contributed by atoms with Gasteiger partial charge in [-0.15, -0.1) is 0 Å². The van der Waals surface area contributed by atoms with Crippen LogP contribution in [0.15, 0.2) is 24.3 Å². The molecule has 0 radical (unpaired) electrons. The highest BCUT2D eigenvalue weighted by molar-refractivity contribution is 5.30. The molecule has 8 unspecified atom stereocenters. The molecule has 2 saturated carbocycles. The van der Waals surface area contributed by atoms with E-state index in [-0.39, 0.29) is 30.0 Å². The van der Waals surface area contributed by atoms with Gasteiger partial charge in [-0.1, -0.05) is 19.1 Å². The molecule has 2 aliphatic carbocycles. The number of aliphatic hydroxyl groups is 2. The maximum atomic E-state index is 10.3. The Morgan fingerprint density at radius 1 is 0.865 bits per heavy atom. The maximum Gasteiger partial charge on any atom is 0.120 e. The Bertz CT molecular complexity index is 806. The van der Waals surface area contributed by atoms with Crippen LogP contribution in [-0.2, 0) is 14.5 Å². The van der Waals surface area contributed by atoms with Crippen molar-refractivity contribution in [3.63, 3.8) is 0 Å². The molecule has 2 aliphatic rings. The van der Waals surface area contributed by atoms with Gasteiger partial charge in [0.2, 0.25) is 0 Å². The van der Waals surface area contributed by atoms with Crippen LogP contribution >= 0.6 is 0 Å². The third-order valence-corrected chi connectivity index (χ3v) is 7.50. The van der Waals surface area contributed by atoms with Gasteiger partial charge in [0.25, 0.3) is 0 Å². The lowest BCUT2D eigenvalue weighted by molar-refractivity contribution is -0.378. The van der Waals surface area contributed by atoms with Gasteiger partial charge >= 0.3 is 0 Å². The predicted octanol–water partition coefficient (Wildman–Crippen LogP) is 6.57. The van der Waals surface area contributed by atoms with E-state index in [1.54, 1.807) is 6.92 Å². The Morgan fingerprint density at radius 3 is 2.03 bits per heavy atom. The molecule has 0 heterocycles. The second-order valence-electron chi connectivity index (χ2n) is 13.4. The lowest BCUT2D eigenvalue weighted by atomic mass is 9.88. The van der Waals surface area contributed by atoms with Crippen molar-refractivity contribution in [2.24, 2.45) is 11.8 Å². The van der Waals surface area contributed by atoms with E-state index in [0.29, 0.717) is 30.6 Å². The van der Waals surface area contributed by atoms with Crippen molar-refractivity contribution in [1.29, 1.82) is 0 Å². The third-order valence-electron chi connectivity index (χ3n) is 7.50. The summed E-state index contributed by atoms with van der Waals surface area (Å²) in [5, 5.41) is 20.4. The van der Waals surface area contributed by atoms with Crippen LogP contribution < -0.4 is 4.74 Å². The monoisotopic (exact) mass is 520 g/mol. The predicted molar refractivity (Wildman–Crippen MR) is 147 cm³/mol. The van der Waals surface area contributed by atoms with Gasteiger partial charge in [0, 0.05) is 12.8 Å². The zero-order valence-corrected chi connectivity index (χ0v) is 24.4. The summed E-state index contributed by atoms with van der Waals surface area (Å²) in [6.07, 6.45) is 5.03. The van der Waals surface area contributed by atoms with Gasteiger partial charge in [0.05, 0.1) is 36.1 Å². The van der Waals surface area contributed by atoms with Gasteiger partial charge in [-0.2, -0.15) is 0 Å². The normalized spacial score (nSPS) is 27.2. The summed E-state index contributed by atoms with van der Waals surface area (Å²) >= 11 is 0. The molecule has 6 heteroatoms. The average molecular weight is 521 g/mol. The van der Waals surface area contributed by atoms with Crippen molar-refractivity contribution >= 4 is 0 Å². The third kappa shape index (κ3) is 9.81. The second kappa shape index (κ2) is 12.8. The molecule has 0 saturated heterocycles. The van der Waals surface area contributed by atoms with Crippen molar-refractivity contribution in [3.8, 4) is 5.75 Å². The van der Waals surface area contributed by atoms with Gasteiger partial charge in [0.1, 0.15) is 11.4 Å². The Balaban J connectivity index is 1.74. The van der Waals surface area contributed by atoms with Crippen LogP contribution in [0.25, 0.3) is 0 Å². The zero-order valence-electron chi connectivity index (χ0n) is 24.4. The number of hydrogen-bond acceptors (Lipinski definition) is 6. The Labute approximate surface area is 225 Å². The number of benzene rings is 1. The highest BCUT2D eigenvalue weighted by Crippen LogP contribution is 2.47. The topological polar surface area (TPSA) is 77.4 Å². The Kier molecular flexibility index (Phi) is 10.5. The van der Waals surface area contributed by atoms with Crippen molar-refractivity contribution in [2.75, 3.05) is 0 Å². The van der Waals surface area contributed by atoms with E-state index < -0.39 is 11.7 Å². The molecule has 0 spiro atoms. The second-order valence-corrected chi connectivity index (χ2v) is 13.4. The van der Waals surface area contributed by atoms with Crippen molar-refractivity contribution in [2.45, 2.75) is 148 Å². The molecule has 0 aliphatic heterocycles. The lowest BCUT2D eigenvalue weighted by Crippen LogP contribution is -2.35. The van der Waals surface area contributed by atoms with E-state index in [1.807, 2.05) is 20.8 Å². The zero-order chi connectivity index (χ0) is 27.4. The minimum absolute atomic E-state index is 0.0377. The quantitative estimate of drug-likeness (QED) is 0.226. The van der Waals surface area contributed by atoms with E-state index >= 15 is 0 Å². The summed E-state index contributed by atoms with van der Waals surface area (Å²) in [5.74, 6) is 2.00. The SMILES string of the molecule is CCC(CC(CC(CC(C)O)OOC(C)(C)C)OC1CC2CC1CC2O)c1ccc(OC(C)(C)C)cc1. The summed E-state index contributed by atoms with van der Waals surface area (Å²) in [7, 11) is 0. The van der Waals surface area contributed by atoms with Crippen LogP contribution in [0, 0.1) is 11.8 Å². The van der Waals surface area contributed by atoms with Crippen molar-refractivity contribution < 1.29 is 29.5 Å². The summed E-state index contributed by atoms with van der Waals surface area (Å²) < 4.78 is 12.8. The first-order valence-corrected chi connectivity index (χ1v) is 14.4. The number of fused-ring (bicyclic) bond motifs is 2. The molecule has 6 nitrogen and oxygen atoms in total. The summed E-state index contributed by atoms with van der Waals surface area (Å²) in [4.78, 5) is 11.6. The number of rotatable bonds is 13. The summed E-state index contributed by atoms with van der Waals surface area (Å²) in [6.45, 7) is 16.1. The van der Waals surface area contributed by atoms with Crippen molar-refractivity contribution in [3.05, 3.63) is 29.8 Å². The minimum atomic E-state index is -0.496. The molecule has 0 aromatic heterocycles. The molecule has 2 bridgehead atoms. The molecular formula is C31H52O6. The van der Waals surface area contributed by atoms with Crippen LogP contribution in [0.1, 0.15) is 112 Å². The fourth-order valence-corrected chi connectivity index (χ4v) is 5.89. The molecule has 0 amide bonds. The Morgan fingerprint density at radius 2 is 1.54 bits per heavy atom. The highest BCUT2D eigenvalue weighted by atomic mass is 17.2. The molecule has 8 atom stereocenters. The van der Waals surface area contributed by atoms with Crippen molar-refractivity contribution in [1.82, 2.24) is 0 Å². The molecule has 1 aromatic carbocycles.